The van der Waals surface area contributed by atoms with Gasteiger partial charge in [0.1, 0.15) is 11.3 Å². The molecule has 0 atom stereocenters. The first-order valence-corrected chi connectivity index (χ1v) is 13.7. The van der Waals surface area contributed by atoms with Gasteiger partial charge < -0.3 is 10.2 Å². The number of hydrogen-bond donors (Lipinski definition) is 2. The van der Waals surface area contributed by atoms with Crippen molar-refractivity contribution in [2.24, 2.45) is 0 Å². The van der Waals surface area contributed by atoms with Crippen LogP contribution in [0.25, 0.3) is 16.3 Å². The molecule has 0 amide bonds. The van der Waals surface area contributed by atoms with E-state index >= 15 is 0 Å². The van der Waals surface area contributed by atoms with Gasteiger partial charge in [-0.1, -0.05) is 94.0 Å². The molecule has 4 heteroatoms. The molecule has 3 aromatic rings. The number of aryl methyl sites for hydroxylation is 1. The number of allylic oxidation sites excluding steroid dienone is 6. The van der Waals surface area contributed by atoms with E-state index in [9.17, 15) is 15.0 Å². The number of rotatable bonds is 1. The zero-order valence-electron chi connectivity index (χ0n) is 21.9. The summed E-state index contributed by atoms with van der Waals surface area (Å²) in [6.07, 6.45) is 13.8. The number of hydrogen-bond acceptors (Lipinski definition) is 2. The minimum Gasteiger partial charge on any atom is -0.506 e. The van der Waals surface area contributed by atoms with E-state index in [1.54, 1.807) is 17.2 Å². The Hall–Kier alpha value is -3.11. The Kier molecular flexibility index (Phi) is 6.44. The van der Waals surface area contributed by atoms with Crippen molar-refractivity contribution < 1.29 is 15.0 Å². The molecule has 0 saturated heterocycles. The van der Waals surface area contributed by atoms with Gasteiger partial charge in [0, 0.05) is 10.8 Å². The third-order valence-electron chi connectivity index (χ3n) is 8.01. The number of carboxylic acid groups (broad SMARTS) is 1. The number of carboxylic acids is 1. The predicted octanol–water partition coefficient (Wildman–Crippen LogP) is 8.87. The SMILES string of the molecule is C1=CC2=C(CC1)CCc1c2ccc2ccccc12.CC1(C)C=CC(C)(C)c2c1cc(C(=O)O)c(O)c2Br. The number of aromatic carboxylic acids is 1. The quantitative estimate of drug-likeness (QED) is 0.294. The first kappa shape index (κ1) is 25.5. The molecule has 0 aromatic heterocycles. The van der Waals surface area contributed by atoms with Crippen LogP contribution >= 0.6 is 15.9 Å². The summed E-state index contributed by atoms with van der Waals surface area (Å²) in [5.41, 5.74) is 7.51. The molecule has 3 nitrogen and oxygen atoms in total. The molecule has 3 aromatic carbocycles. The van der Waals surface area contributed by atoms with Crippen molar-refractivity contribution in [2.45, 2.75) is 64.2 Å². The zero-order valence-corrected chi connectivity index (χ0v) is 23.4. The van der Waals surface area contributed by atoms with E-state index in [0.29, 0.717) is 4.47 Å². The second-order valence-corrected chi connectivity index (χ2v) is 12.2. The van der Waals surface area contributed by atoms with E-state index in [4.69, 9.17) is 0 Å². The predicted molar refractivity (Wildman–Crippen MR) is 156 cm³/mol. The fourth-order valence-corrected chi connectivity index (χ4v) is 6.85. The number of aromatic hydroxyl groups is 1. The summed E-state index contributed by atoms with van der Waals surface area (Å²) < 4.78 is 0.477. The largest absolute Gasteiger partial charge is 0.506 e. The van der Waals surface area contributed by atoms with E-state index in [-0.39, 0.29) is 22.1 Å². The highest BCUT2D eigenvalue weighted by Crippen LogP contribution is 2.48. The topological polar surface area (TPSA) is 57.5 Å². The molecule has 190 valence electrons. The van der Waals surface area contributed by atoms with Crippen molar-refractivity contribution in [1.29, 1.82) is 0 Å². The van der Waals surface area contributed by atoms with E-state index in [1.165, 1.54) is 47.6 Å². The third kappa shape index (κ3) is 4.46. The monoisotopic (exact) mass is 556 g/mol. The summed E-state index contributed by atoms with van der Waals surface area (Å²) in [6.45, 7) is 8.16. The van der Waals surface area contributed by atoms with Crippen LogP contribution in [0.1, 0.15) is 79.6 Å². The van der Waals surface area contributed by atoms with Gasteiger partial charge in [0.15, 0.2) is 0 Å². The van der Waals surface area contributed by atoms with Crippen molar-refractivity contribution in [2.75, 3.05) is 0 Å². The molecular weight excluding hydrogens is 524 g/mol. The molecular formula is C33H33BrO3. The summed E-state index contributed by atoms with van der Waals surface area (Å²) in [6, 6.07) is 15.0. The molecule has 0 radical (unpaired) electrons. The fraction of sp³-hybridized carbons (Fsp3) is 0.303. The summed E-state index contributed by atoms with van der Waals surface area (Å²) >= 11 is 3.37. The molecule has 0 bridgehead atoms. The highest BCUT2D eigenvalue weighted by molar-refractivity contribution is 9.10. The van der Waals surface area contributed by atoms with Gasteiger partial charge in [0.25, 0.3) is 0 Å². The minimum absolute atomic E-state index is 0.0650. The smallest absolute Gasteiger partial charge is 0.339 e. The van der Waals surface area contributed by atoms with E-state index in [2.05, 4.69) is 76.6 Å². The van der Waals surface area contributed by atoms with Crippen LogP contribution in [-0.4, -0.2) is 16.2 Å². The Morgan fingerprint density at radius 3 is 2.43 bits per heavy atom. The average Bonchev–Trinajstić information content (AvgIpc) is 2.88. The Balaban J connectivity index is 0.000000151. The molecule has 0 aliphatic heterocycles. The molecule has 0 saturated carbocycles. The summed E-state index contributed by atoms with van der Waals surface area (Å²) in [5.74, 6) is -1.32. The second-order valence-electron chi connectivity index (χ2n) is 11.4. The van der Waals surface area contributed by atoms with Gasteiger partial charge >= 0.3 is 5.97 Å². The van der Waals surface area contributed by atoms with Crippen molar-refractivity contribution >= 4 is 38.2 Å². The summed E-state index contributed by atoms with van der Waals surface area (Å²) in [7, 11) is 0. The van der Waals surface area contributed by atoms with Crippen molar-refractivity contribution in [1.82, 2.24) is 0 Å². The Morgan fingerprint density at radius 1 is 0.946 bits per heavy atom. The lowest BCUT2D eigenvalue weighted by molar-refractivity contribution is 0.0693. The van der Waals surface area contributed by atoms with Gasteiger partial charge in [0.05, 0.1) is 4.47 Å². The van der Waals surface area contributed by atoms with Gasteiger partial charge in [-0.25, -0.2) is 4.79 Å². The van der Waals surface area contributed by atoms with Gasteiger partial charge in [0.2, 0.25) is 0 Å². The van der Waals surface area contributed by atoms with Crippen LogP contribution in [0, 0.1) is 0 Å². The van der Waals surface area contributed by atoms with E-state index in [0.717, 1.165) is 11.1 Å². The number of fused-ring (bicyclic) bond motifs is 5. The Morgan fingerprint density at radius 2 is 1.68 bits per heavy atom. The van der Waals surface area contributed by atoms with Crippen LogP contribution in [-0.2, 0) is 17.3 Å². The maximum atomic E-state index is 11.2. The first-order valence-electron chi connectivity index (χ1n) is 12.9. The number of benzene rings is 3. The van der Waals surface area contributed by atoms with Crippen LogP contribution < -0.4 is 0 Å². The van der Waals surface area contributed by atoms with Gasteiger partial charge in [-0.3, -0.25) is 0 Å². The molecule has 6 rings (SSSR count). The van der Waals surface area contributed by atoms with Crippen LogP contribution in [0.4, 0.5) is 0 Å². The normalized spacial score (nSPS) is 18.4. The lowest BCUT2D eigenvalue weighted by Crippen LogP contribution is -2.30. The fourth-order valence-electron chi connectivity index (χ4n) is 5.92. The molecule has 0 heterocycles. The molecule has 0 fully saturated rings. The molecule has 0 unspecified atom stereocenters. The van der Waals surface area contributed by atoms with Crippen LogP contribution in [0.5, 0.6) is 5.75 Å². The van der Waals surface area contributed by atoms with Gasteiger partial charge in [-0.2, -0.15) is 0 Å². The van der Waals surface area contributed by atoms with Crippen molar-refractivity contribution in [3.05, 3.63) is 105 Å². The molecule has 2 N–H and O–H groups in total. The third-order valence-corrected chi connectivity index (χ3v) is 8.78. The van der Waals surface area contributed by atoms with E-state index in [1.807, 2.05) is 27.7 Å². The summed E-state index contributed by atoms with van der Waals surface area (Å²) in [4.78, 5) is 11.2. The van der Waals surface area contributed by atoms with Crippen LogP contribution in [0.2, 0.25) is 0 Å². The van der Waals surface area contributed by atoms with Gasteiger partial charge in [-0.05, 0) is 86.3 Å². The number of carbonyl (C=O) groups is 1. The lowest BCUT2D eigenvalue weighted by atomic mass is 9.67. The summed E-state index contributed by atoms with van der Waals surface area (Å²) in [5, 5.41) is 22.1. The highest BCUT2D eigenvalue weighted by atomic mass is 79.9. The Bertz CT molecular complexity index is 1520. The molecule has 3 aliphatic rings. The lowest BCUT2D eigenvalue weighted by Gasteiger charge is -2.38. The number of phenols is 1. The zero-order chi connectivity index (χ0) is 26.5. The Labute approximate surface area is 227 Å². The first-order chi connectivity index (χ1) is 17.5. The number of halogens is 1. The van der Waals surface area contributed by atoms with Gasteiger partial charge in [-0.15, -0.1) is 0 Å². The van der Waals surface area contributed by atoms with Crippen molar-refractivity contribution in [3.8, 4) is 5.75 Å². The second kappa shape index (κ2) is 9.33. The molecule has 37 heavy (non-hydrogen) atoms. The minimum atomic E-state index is -1.12. The maximum Gasteiger partial charge on any atom is 0.339 e. The molecule has 0 spiro atoms. The van der Waals surface area contributed by atoms with Crippen molar-refractivity contribution in [3.63, 3.8) is 0 Å². The maximum absolute atomic E-state index is 11.2. The van der Waals surface area contributed by atoms with E-state index < -0.39 is 5.97 Å². The highest BCUT2D eigenvalue weighted by Gasteiger charge is 2.37. The standard InChI is InChI=1S/C18H16.C15H17BrO3/c1-3-7-15-13(5-1)9-11-18-16-8-4-2-6-14(16)10-12-17(15)18;1-14(2)5-6-15(3,4)10-9(14)7-8(13(18)19)12(17)11(10)16/h1,3-5,7-9,11H,2,6,10,12H2;5-7,17H,1-4H3,(H,18,19). The molecule has 3 aliphatic carbocycles. The average molecular weight is 558 g/mol. The van der Waals surface area contributed by atoms with Crippen LogP contribution in [0.15, 0.2) is 76.8 Å². The van der Waals surface area contributed by atoms with Crippen LogP contribution in [0.3, 0.4) is 0 Å².